The first-order valence-corrected chi connectivity index (χ1v) is 13.7. The third-order valence-corrected chi connectivity index (χ3v) is 10.5. The van der Waals surface area contributed by atoms with E-state index in [1.165, 1.54) is 51.9 Å². The molecule has 0 unspecified atom stereocenters. The molecule has 0 bridgehead atoms. The summed E-state index contributed by atoms with van der Waals surface area (Å²) in [4.78, 5) is 11.6. The number of oxime groups is 1. The van der Waals surface area contributed by atoms with E-state index in [2.05, 4.69) is 45.9 Å². The van der Waals surface area contributed by atoms with Gasteiger partial charge in [0.1, 0.15) is 6.10 Å². The van der Waals surface area contributed by atoms with Crippen molar-refractivity contribution in [1.82, 2.24) is 0 Å². The lowest BCUT2D eigenvalue weighted by Crippen LogP contribution is -2.53. The number of fused-ring (bicyclic) bond motifs is 5. The molecule has 0 spiro atoms. The first kappa shape index (κ1) is 24.8. The van der Waals surface area contributed by atoms with E-state index in [-0.39, 0.29) is 23.4 Å². The van der Waals surface area contributed by atoms with Crippen molar-refractivity contribution in [2.24, 2.45) is 51.5 Å². The molecule has 0 heterocycles. The third-order valence-electron chi connectivity index (χ3n) is 10.5. The summed E-state index contributed by atoms with van der Waals surface area (Å²) >= 11 is 0. The molecule has 4 aliphatic rings. The van der Waals surface area contributed by atoms with Crippen LogP contribution in [-0.4, -0.2) is 23.0 Å². The van der Waals surface area contributed by atoms with Crippen LogP contribution >= 0.6 is 0 Å². The average molecular weight is 458 g/mol. The molecule has 8 atom stereocenters. The lowest BCUT2D eigenvalue weighted by molar-refractivity contribution is -0.150. The van der Waals surface area contributed by atoms with Crippen molar-refractivity contribution in [2.45, 2.75) is 112 Å². The number of allylic oxidation sites excluding steroid dienone is 2. The Bertz CT molecular complexity index is 801. The monoisotopic (exact) mass is 457 g/mol. The summed E-state index contributed by atoms with van der Waals surface area (Å²) in [6, 6.07) is 0. The lowest BCUT2D eigenvalue weighted by atomic mass is 9.47. The van der Waals surface area contributed by atoms with Crippen LogP contribution < -0.4 is 0 Å². The second-order valence-electron chi connectivity index (χ2n) is 12.9. The maximum atomic E-state index is 11.6. The Kier molecular flexibility index (Phi) is 7.05. The molecule has 4 aliphatic carbocycles. The fourth-order valence-corrected chi connectivity index (χ4v) is 8.81. The quantitative estimate of drug-likeness (QED) is 0.257. The number of esters is 1. The fraction of sp³-hybridized carbons (Fsp3) is 0.862. The molecule has 1 N–H and O–H groups in total. The summed E-state index contributed by atoms with van der Waals surface area (Å²) in [5, 5.41) is 13.9. The molecule has 0 radical (unpaired) electrons. The Hall–Kier alpha value is -1.32. The van der Waals surface area contributed by atoms with E-state index in [1.807, 2.05) is 0 Å². The molecule has 4 nitrogen and oxygen atoms in total. The SMILES string of the molecule is CC(=O)O[C@H]1CC[C@]2(C)[C@H]3CC[C@]4(C)[C@@H]([C@H](C)CCCC(C)C)CC[C@H]4C3=C/C(=N\O)[C@@H]2C1. The summed E-state index contributed by atoms with van der Waals surface area (Å²) in [5.74, 6) is 3.54. The molecule has 4 heteroatoms. The molecular weight excluding hydrogens is 410 g/mol. The van der Waals surface area contributed by atoms with Crippen molar-refractivity contribution < 1.29 is 14.7 Å². The zero-order valence-electron chi connectivity index (χ0n) is 21.9. The van der Waals surface area contributed by atoms with Crippen LogP contribution in [0.4, 0.5) is 0 Å². The molecule has 0 amide bonds. The normalized spacial score (nSPS) is 42.3. The maximum Gasteiger partial charge on any atom is 0.302 e. The number of hydrogen-bond donors (Lipinski definition) is 1. The van der Waals surface area contributed by atoms with Crippen molar-refractivity contribution in [3.63, 3.8) is 0 Å². The zero-order valence-corrected chi connectivity index (χ0v) is 21.9. The smallest absolute Gasteiger partial charge is 0.302 e. The van der Waals surface area contributed by atoms with Gasteiger partial charge in [-0.1, -0.05) is 64.6 Å². The number of ether oxygens (including phenoxy) is 1. The van der Waals surface area contributed by atoms with Gasteiger partial charge in [0.2, 0.25) is 0 Å². The van der Waals surface area contributed by atoms with Crippen LogP contribution in [0.15, 0.2) is 16.8 Å². The van der Waals surface area contributed by atoms with Gasteiger partial charge < -0.3 is 9.94 Å². The van der Waals surface area contributed by atoms with Crippen molar-refractivity contribution in [3.8, 4) is 0 Å². The van der Waals surface area contributed by atoms with Gasteiger partial charge in [0.15, 0.2) is 0 Å². The first-order valence-electron chi connectivity index (χ1n) is 13.7. The van der Waals surface area contributed by atoms with Gasteiger partial charge in [-0.15, -0.1) is 0 Å². The summed E-state index contributed by atoms with van der Waals surface area (Å²) in [5.41, 5.74) is 2.89. The molecular formula is C29H47NO3. The van der Waals surface area contributed by atoms with Crippen molar-refractivity contribution in [1.29, 1.82) is 0 Å². The van der Waals surface area contributed by atoms with Crippen LogP contribution in [0.1, 0.15) is 106 Å². The summed E-state index contributed by atoms with van der Waals surface area (Å²) in [7, 11) is 0. The molecule has 4 rings (SSSR count). The number of hydrogen-bond acceptors (Lipinski definition) is 4. The molecule has 0 aromatic carbocycles. The number of nitrogens with zero attached hydrogens (tertiary/aromatic N) is 1. The highest BCUT2D eigenvalue weighted by atomic mass is 16.5. The van der Waals surface area contributed by atoms with Gasteiger partial charge in [0.25, 0.3) is 0 Å². The molecule has 0 saturated heterocycles. The van der Waals surface area contributed by atoms with Gasteiger partial charge in [-0.2, -0.15) is 0 Å². The Morgan fingerprint density at radius 2 is 1.76 bits per heavy atom. The van der Waals surface area contributed by atoms with Crippen molar-refractivity contribution in [2.75, 3.05) is 0 Å². The van der Waals surface area contributed by atoms with Crippen LogP contribution in [0.5, 0.6) is 0 Å². The van der Waals surface area contributed by atoms with E-state index < -0.39 is 0 Å². The van der Waals surface area contributed by atoms with Crippen LogP contribution in [0.3, 0.4) is 0 Å². The second kappa shape index (κ2) is 9.38. The predicted octanol–water partition coefficient (Wildman–Crippen LogP) is 7.40. The van der Waals surface area contributed by atoms with Gasteiger partial charge in [-0.3, -0.25) is 4.79 Å². The van der Waals surface area contributed by atoms with E-state index in [0.29, 0.717) is 17.3 Å². The van der Waals surface area contributed by atoms with E-state index in [9.17, 15) is 10.0 Å². The predicted molar refractivity (Wildman–Crippen MR) is 133 cm³/mol. The molecule has 186 valence electrons. The third kappa shape index (κ3) is 4.41. The van der Waals surface area contributed by atoms with Crippen LogP contribution in [-0.2, 0) is 9.53 Å². The summed E-state index contributed by atoms with van der Waals surface area (Å²) in [6.45, 7) is 13.7. The zero-order chi connectivity index (χ0) is 24.0. The minimum Gasteiger partial charge on any atom is -0.463 e. The lowest BCUT2D eigenvalue weighted by Gasteiger charge is -2.57. The highest BCUT2D eigenvalue weighted by Gasteiger charge is 2.59. The van der Waals surface area contributed by atoms with E-state index >= 15 is 0 Å². The van der Waals surface area contributed by atoms with Crippen molar-refractivity contribution in [3.05, 3.63) is 11.6 Å². The Morgan fingerprint density at radius 3 is 2.42 bits per heavy atom. The first-order chi connectivity index (χ1) is 15.6. The highest BCUT2D eigenvalue weighted by molar-refractivity contribution is 5.99. The molecule has 0 aliphatic heterocycles. The van der Waals surface area contributed by atoms with Crippen LogP contribution in [0, 0.1) is 46.3 Å². The van der Waals surface area contributed by atoms with E-state index in [0.717, 1.165) is 42.7 Å². The Morgan fingerprint density at radius 1 is 1.06 bits per heavy atom. The summed E-state index contributed by atoms with van der Waals surface area (Å²) < 4.78 is 5.59. The molecule has 0 aromatic heterocycles. The van der Waals surface area contributed by atoms with Gasteiger partial charge in [-0.05, 0) is 91.4 Å². The molecule has 3 fully saturated rings. The van der Waals surface area contributed by atoms with Crippen LogP contribution in [0.25, 0.3) is 0 Å². The Labute approximate surface area is 201 Å². The van der Waals surface area contributed by atoms with E-state index in [1.54, 1.807) is 5.57 Å². The Balaban J connectivity index is 1.56. The van der Waals surface area contributed by atoms with Crippen LogP contribution in [0.2, 0.25) is 0 Å². The average Bonchev–Trinajstić information content (AvgIpc) is 3.10. The number of carbonyl (C=O) groups is 1. The topological polar surface area (TPSA) is 58.9 Å². The second-order valence-corrected chi connectivity index (χ2v) is 12.9. The van der Waals surface area contributed by atoms with Crippen molar-refractivity contribution >= 4 is 11.7 Å². The summed E-state index contributed by atoms with van der Waals surface area (Å²) in [6.07, 6.45) is 14.2. The van der Waals surface area contributed by atoms with Gasteiger partial charge in [0, 0.05) is 12.8 Å². The minimum atomic E-state index is -0.203. The number of carbonyl (C=O) groups excluding carboxylic acids is 1. The van der Waals surface area contributed by atoms with Gasteiger partial charge in [-0.25, -0.2) is 0 Å². The molecule has 3 saturated carbocycles. The van der Waals surface area contributed by atoms with Gasteiger partial charge in [0.05, 0.1) is 5.71 Å². The maximum absolute atomic E-state index is 11.6. The molecule has 33 heavy (non-hydrogen) atoms. The van der Waals surface area contributed by atoms with E-state index in [4.69, 9.17) is 4.74 Å². The minimum absolute atomic E-state index is 0.0521. The fourth-order valence-electron chi connectivity index (χ4n) is 8.81. The van der Waals surface area contributed by atoms with Gasteiger partial charge >= 0.3 is 5.97 Å². The standard InChI is InChI=1S/C29H47NO3/c1-18(2)8-7-9-19(3)23-10-11-24-22-17-27(30-32)26-16-21(33-20(4)31)12-14-29(26,6)25(22)13-15-28(23,24)5/h17-19,21,23-26,32H,7-16H2,1-6H3/b30-27+/t19-,21+,23-,24+,25+,26+,28-,29-/m1/s1. The largest absolute Gasteiger partial charge is 0.463 e. The number of rotatable bonds is 6. The highest BCUT2D eigenvalue weighted by Crippen LogP contribution is 2.66. The molecule has 0 aromatic rings.